The summed E-state index contributed by atoms with van der Waals surface area (Å²) in [7, 11) is 3.64. The van der Waals surface area contributed by atoms with Gasteiger partial charge in [0.15, 0.2) is 0 Å². The van der Waals surface area contributed by atoms with Gasteiger partial charge in [0, 0.05) is 63.8 Å². The van der Waals surface area contributed by atoms with Crippen molar-refractivity contribution in [3.8, 4) is 0 Å². The van der Waals surface area contributed by atoms with Crippen LogP contribution in [0.5, 0.6) is 0 Å². The van der Waals surface area contributed by atoms with E-state index in [9.17, 15) is 4.79 Å². The SMILES string of the molecule is CNC(C(=O)NC(C)CN1CCN(c2ccccn2)CC1)c1cnn(C)c1.Cl.Cl. The minimum Gasteiger partial charge on any atom is -0.354 e. The molecule has 1 aliphatic rings. The molecule has 0 aliphatic carbocycles. The fraction of sp³-hybridized carbons (Fsp3) is 0.526. The van der Waals surface area contributed by atoms with Gasteiger partial charge in [-0.3, -0.25) is 14.4 Å². The highest BCUT2D eigenvalue weighted by Gasteiger charge is 2.24. The molecule has 0 saturated carbocycles. The summed E-state index contributed by atoms with van der Waals surface area (Å²) < 4.78 is 1.71. The van der Waals surface area contributed by atoms with Crippen molar-refractivity contribution >= 4 is 36.5 Å². The molecule has 2 aromatic heterocycles. The largest absolute Gasteiger partial charge is 0.354 e. The molecule has 0 bridgehead atoms. The van der Waals surface area contributed by atoms with E-state index in [1.54, 1.807) is 17.9 Å². The van der Waals surface area contributed by atoms with Gasteiger partial charge >= 0.3 is 0 Å². The van der Waals surface area contributed by atoms with E-state index in [1.807, 2.05) is 31.6 Å². The predicted molar refractivity (Wildman–Crippen MR) is 120 cm³/mol. The highest BCUT2D eigenvalue weighted by molar-refractivity contribution is 5.85. The smallest absolute Gasteiger partial charge is 0.242 e. The number of halogens is 2. The Morgan fingerprint density at radius 2 is 1.93 bits per heavy atom. The lowest BCUT2D eigenvalue weighted by molar-refractivity contribution is -0.123. The molecule has 3 heterocycles. The number of hydrogen-bond acceptors (Lipinski definition) is 6. The number of anilines is 1. The molecule has 1 aliphatic heterocycles. The lowest BCUT2D eigenvalue weighted by Gasteiger charge is -2.36. The fourth-order valence-corrected chi connectivity index (χ4v) is 3.50. The van der Waals surface area contributed by atoms with Gasteiger partial charge in [0.05, 0.1) is 6.20 Å². The van der Waals surface area contributed by atoms with Gasteiger partial charge in [-0.15, -0.1) is 24.8 Å². The molecule has 3 rings (SSSR count). The van der Waals surface area contributed by atoms with Crippen molar-refractivity contribution in [1.82, 2.24) is 30.3 Å². The molecule has 0 spiro atoms. The summed E-state index contributed by atoms with van der Waals surface area (Å²) >= 11 is 0. The van der Waals surface area contributed by atoms with E-state index >= 15 is 0 Å². The third-order valence-electron chi connectivity index (χ3n) is 4.88. The van der Waals surface area contributed by atoms with Crippen molar-refractivity contribution in [3.05, 3.63) is 42.4 Å². The van der Waals surface area contributed by atoms with Gasteiger partial charge in [-0.05, 0) is 26.1 Å². The summed E-state index contributed by atoms with van der Waals surface area (Å²) in [5.41, 5.74) is 0.869. The molecule has 8 nitrogen and oxygen atoms in total. The van der Waals surface area contributed by atoms with Gasteiger partial charge in [0.2, 0.25) is 5.91 Å². The van der Waals surface area contributed by atoms with Crippen LogP contribution in [0.4, 0.5) is 5.82 Å². The number of aromatic nitrogens is 3. The number of likely N-dealkylation sites (N-methyl/N-ethyl adjacent to an activating group) is 1. The molecule has 10 heteroatoms. The second-order valence-electron chi connectivity index (χ2n) is 7.05. The summed E-state index contributed by atoms with van der Waals surface area (Å²) in [6.07, 6.45) is 5.42. The third-order valence-corrected chi connectivity index (χ3v) is 4.88. The van der Waals surface area contributed by atoms with Gasteiger partial charge < -0.3 is 15.5 Å². The van der Waals surface area contributed by atoms with Crippen LogP contribution in [0, 0.1) is 0 Å². The summed E-state index contributed by atoms with van der Waals surface area (Å²) in [4.78, 5) is 21.7. The number of nitrogens with zero attached hydrogens (tertiary/aromatic N) is 5. The van der Waals surface area contributed by atoms with Crippen LogP contribution >= 0.6 is 24.8 Å². The topological polar surface area (TPSA) is 78.3 Å². The van der Waals surface area contributed by atoms with Crippen LogP contribution in [0.2, 0.25) is 0 Å². The van der Waals surface area contributed by atoms with Gasteiger partial charge in [0.1, 0.15) is 11.9 Å². The Kier molecular flexibility index (Phi) is 10.4. The lowest BCUT2D eigenvalue weighted by atomic mass is 10.1. The van der Waals surface area contributed by atoms with Gasteiger partial charge in [0.25, 0.3) is 0 Å². The maximum absolute atomic E-state index is 12.6. The first-order chi connectivity index (χ1) is 13.1. The molecule has 1 saturated heterocycles. The number of carbonyl (C=O) groups excluding carboxylic acids is 1. The van der Waals surface area contributed by atoms with Gasteiger partial charge in [-0.25, -0.2) is 4.98 Å². The Balaban J connectivity index is 0.00000210. The first-order valence-corrected chi connectivity index (χ1v) is 9.41. The van der Waals surface area contributed by atoms with Crippen LogP contribution in [-0.4, -0.2) is 71.4 Å². The lowest BCUT2D eigenvalue weighted by Crippen LogP contribution is -2.52. The Morgan fingerprint density at radius 1 is 1.21 bits per heavy atom. The second kappa shape index (κ2) is 12.0. The van der Waals surface area contributed by atoms with Crippen molar-refractivity contribution in [2.75, 3.05) is 44.7 Å². The molecule has 2 aromatic rings. The molecule has 1 fully saturated rings. The zero-order valence-electron chi connectivity index (χ0n) is 17.1. The normalized spacial score (nSPS) is 16.3. The number of hydrogen-bond donors (Lipinski definition) is 2. The molecule has 29 heavy (non-hydrogen) atoms. The number of nitrogens with one attached hydrogen (secondary N) is 2. The van der Waals surface area contributed by atoms with Crippen molar-refractivity contribution in [1.29, 1.82) is 0 Å². The summed E-state index contributed by atoms with van der Waals surface area (Å²) in [6, 6.07) is 5.70. The number of carbonyl (C=O) groups is 1. The molecule has 0 radical (unpaired) electrons. The Labute approximate surface area is 184 Å². The van der Waals surface area contributed by atoms with Gasteiger partial charge in [-0.1, -0.05) is 6.07 Å². The summed E-state index contributed by atoms with van der Waals surface area (Å²) in [6.45, 7) is 6.73. The second-order valence-corrected chi connectivity index (χ2v) is 7.05. The summed E-state index contributed by atoms with van der Waals surface area (Å²) in [5, 5.41) is 10.3. The van der Waals surface area contributed by atoms with Crippen molar-refractivity contribution in [2.24, 2.45) is 7.05 Å². The van der Waals surface area contributed by atoms with Crippen LogP contribution in [0.15, 0.2) is 36.8 Å². The number of rotatable bonds is 7. The van der Waals surface area contributed by atoms with E-state index < -0.39 is 0 Å². The standard InChI is InChI=1S/C19H29N7O.2ClH/c1-15(23-19(27)18(20-2)16-12-22-24(3)14-16)13-25-8-10-26(11-9-25)17-6-4-5-7-21-17;;/h4-7,12,14-15,18,20H,8-11,13H2,1-3H3,(H,23,27);2*1H. The monoisotopic (exact) mass is 443 g/mol. The average Bonchev–Trinajstić information content (AvgIpc) is 3.09. The minimum absolute atomic E-state index is 0. The van der Waals surface area contributed by atoms with Crippen LogP contribution in [0.25, 0.3) is 0 Å². The Bertz CT molecular complexity index is 735. The van der Waals surface area contributed by atoms with Gasteiger partial charge in [-0.2, -0.15) is 5.10 Å². The van der Waals surface area contributed by atoms with E-state index in [0.29, 0.717) is 0 Å². The number of aryl methyl sites for hydroxylation is 1. The van der Waals surface area contributed by atoms with Crippen LogP contribution in [-0.2, 0) is 11.8 Å². The molecule has 162 valence electrons. The molecular weight excluding hydrogens is 413 g/mol. The Morgan fingerprint density at radius 3 is 2.48 bits per heavy atom. The average molecular weight is 444 g/mol. The molecule has 2 N–H and O–H groups in total. The molecule has 2 atom stereocenters. The maximum atomic E-state index is 12.6. The van der Waals surface area contributed by atoms with E-state index in [-0.39, 0.29) is 42.8 Å². The van der Waals surface area contributed by atoms with Crippen LogP contribution in [0.1, 0.15) is 18.5 Å². The predicted octanol–water partition coefficient (Wildman–Crippen LogP) is 1.25. The first-order valence-electron chi connectivity index (χ1n) is 9.41. The highest BCUT2D eigenvalue weighted by Crippen LogP contribution is 2.14. The number of amides is 1. The minimum atomic E-state index is -0.387. The van der Waals surface area contributed by atoms with E-state index in [1.165, 1.54) is 0 Å². The number of piperazine rings is 1. The Hall–Kier alpha value is -1.87. The quantitative estimate of drug-likeness (QED) is 0.670. The first kappa shape index (κ1) is 25.2. The summed E-state index contributed by atoms with van der Waals surface area (Å²) in [5.74, 6) is 1.01. The molecule has 1 amide bonds. The van der Waals surface area contributed by atoms with Crippen LogP contribution < -0.4 is 15.5 Å². The molecular formula is C19H31Cl2N7O. The van der Waals surface area contributed by atoms with E-state index in [4.69, 9.17) is 0 Å². The highest BCUT2D eigenvalue weighted by atomic mass is 35.5. The van der Waals surface area contributed by atoms with Crippen molar-refractivity contribution in [3.63, 3.8) is 0 Å². The van der Waals surface area contributed by atoms with Crippen molar-refractivity contribution < 1.29 is 4.79 Å². The maximum Gasteiger partial charge on any atom is 0.242 e. The molecule has 2 unspecified atom stereocenters. The third kappa shape index (κ3) is 6.85. The van der Waals surface area contributed by atoms with E-state index in [0.717, 1.165) is 44.1 Å². The number of pyridine rings is 1. The molecule has 0 aromatic carbocycles. The zero-order valence-corrected chi connectivity index (χ0v) is 18.7. The van der Waals surface area contributed by atoms with Crippen LogP contribution in [0.3, 0.4) is 0 Å². The van der Waals surface area contributed by atoms with E-state index in [2.05, 4.69) is 43.5 Å². The fourth-order valence-electron chi connectivity index (χ4n) is 3.50. The zero-order chi connectivity index (χ0) is 19.2. The van der Waals surface area contributed by atoms with Crippen molar-refractivity contribution in [2.45, 2.75) is 19.0 Å².